The Bertz CT molecular complexity index is 754. The van der Waals surface area contributed by atoms with Crippen LogP contribution in [0.1, 0.15) is 96.5 Å². The molecule has 1 saturated heterocycles. The fraction of sp³-hybridized carbons (Fsp3) is 0.643. The van der Waals surface area contributed by atoms with Crippen molar-refractivity contribution in [1.29, 1.82) is 0 Å². The lowest BCUT2D eigenvalue weighted by Gasteiger charge is -2.27. The molecule has 0 bridgehead atoms. The van der Waals surface area contributed by atoms with Crippen molar-refractivity contribution < 1.29 is 23.8 Å². The van der Waals surface area contributed by atoms with E-state index in [1.165, 1.54) is 57.8 Å². The van der Waals surface area contributed by atoms with Gasteiger partial charge < -0.3 is 14.2 Å². The van der Waals surface area contributed by atoms with E-state index in [4.69, 9.17) is 14.2 Å². The summed E-state index contributed by atoms with van der Waals surface area (Å²) in [6, 6.07) is 7.34. The number of unbranched alkanes of at least 4 members (excludes halogenated alkanes) is 10. The number of carbonyl (C=O) groups excluding carboxylic acids is 2. The summed E-state index contributed by atoms with van der Waals surface area (Å²) in [7, 11) is 1.61. The lowest BCUT2D eigenvalue weighted by molar-refractivity contribution is -0.158. The fourth-order valence-corrected chi connectivity index (χ4v) is 4.34. The van der Waals surface area contributed by atoms with Crippen LogP contribution in [0.2, 0.25) is 0 Å². The molecule has 184 valence electrons. The molecule has 0 aliphatic carbocycles. The second-order valence-corrected chi connectivity index (χ2v) is 9.32. The first kappa shape index (κ1) is 26.9. The predicted octanol–water partition coefficient (Wildman–Crippen LogP) is 6.93. The molecule has 1 heterocycles. The number of ether oxygens (including phenoxy) is 3. The van der Waals surface area contributed by atoms with Gasteiger partial charge in [0.05, 0.1) is 12.7 Å². The van der Waals surface area contributed by atoms with Crippen LogP contribution in [0.4, 0.5) is 0 Å². The third-order valence-electron chi connectivity index (χ3n) is 6.79. The highest BCUT2D eigenvalue weighted by molar-refractivity contribution is 6.00. The molecule has 5 heteroatoms. The van der Waals surface area contributed by atoms with E-state index < -0.39 is 23.5 Å². The van der Waals surface area contributed by atoms with Crippen LogP contribution in [-0.4, -0.2) is 25.2 Å². The van der Waals surface area contributed by atoms with Crippen LogP contribution in [0.3, 0.4) is 0 Å². The molecule has 2 rings (SSSR count). The average Bonchev–Trinajstić information content (AvgIpc) is 3.05. The van der Waals surface area contributed by atoms with Gasteiger partial charge >= 0.3 is 11.9 Å². The molecule has 0 aromatic heterocycles. The van der Waals surface area contributed by atoms with Crippen LogP contribution >= 0.6 is 0 Å². The molecule has 0 amide bonds. The van der Waals surface area contributed by atoms with E-state index >= 15 is 0 Å². The van der Waals surface area contributed by atoms with Crippen molar-refractivity contribution in [3.8, 4) is 5.75 Å². The number of cyclic esters (lactones) is 1. The fourth-order valence-electron chi connectivity index (χ4n) is 4.34. The molecule has 0 N–H and O–H groups in total. The van der Waals surface area contributed by atoms with Crippen LogP contribution in [0.15, 0.2) is 36.4 Å². The van der Waals surface area contributed by atoms with Gasteiger partial charge in [-0.25, -0.2) is 4.79 Å². The van der Waals surface area contributed by atoms with Gasteiger partial charge in [0.2, 0.25) is 0 Å². The summed E-state index contributed by atoms with van der Waals surface area (Å²) in [5, 5.41) is 0. The molecule has 1 aliphatic rings. The number of esters is 2. The monoisotopic (exact) mass is 458 g/mol. The molecule has 2 atom stereocenters. The van der Waals surface area contributed by atoms with Crippen LogP contribution in [-0.2, 0) is 25.7 Å². The largest absolute Gasteiger partial charge is 0.497 e. The number of methoxy groups -OCH3 is 1. The standard InChI is InChI=1S/C28H42O5/c1-5-6-7-8-9-10-11-12-13-14-15-16-25-28(3,22(2)26(29)33-25)27(30)32-21-23-17-19-24(31-4)20-18-23/h17-20,25H,2,5-16,21H2,1,3-4H3/t25-,28-/m0/s1. The quantitative estimate of drug-likeness (QED) is 0.153. The van der Waals surface area contributed by atoms with E-state index in [2.05, 4.69) is 13.5 Å². The Balaban J connectivity index is 1.74. The number of hydrogen-bond acceptors (Lipinski definition) is 5. The molecular formula is C28H42O5. The molecule has 1 aromatic carbocycles. The average molecular weight is 459 g/mol. The molecule has 0 saturated carbocycles. The first-order valence-electron chi connectivity index (χ1n) is 12.6. The lowest BCUT2D eigenvalue weighted by atomic mass is 9.78. The third-order valence-corrected chi connectivity index (χ3v) is 6.79. The molecule has 1 fully saturated rings. The summed E-state index contributed by atoms with van der Waals surface area (Å²) in [4.78, 5) is 25.2. The zero-order chi connectivity index (χ0) is 24.1. The highest BCUT2D eigenvalue weighted by Gasteiger charge is 2.55. The highest BCUT2D eigenvalue weighted by atomic mass is 16.6. The van der Waals surface area contributed by atoms with Gasteiger partial charge in [-0.2, -0.15) is 0 Å². The van der Waals surface area contributed by atoms with Crippen molar-refractivity contribution in [3.05, 3.63) is 42.0 Å². The first-order valence-corrected chi connectivity index (χ1v) is 12.6. The summed E-state index contributed by atoms with van der Waals surface area (Å²) in [6.45, 7) is 7.95. The lowest BCUT2D eigenvalue weighted by Crippen LogP contribution is -2.38. The Kier molecular flexibility index (Phi) is 11.5. The van der Waals surface area contributed by atoms with Crippen LogP contribution < -0.4 is 4.74 Å². The number of carbonyl (C=O) groups is 2. The van der Waals surface area contributed by atoms with Crippen LogP contribution in [0.25, 0.3) is 0 Å². The van der Waals surface area contributed by atoms with E-state index in [1.807, 2.05) is 24.3 Å². The minimum Gasteiger partial charge on any atom is -0.497 e. The molecular weight excluding hydrogens is 416 g/mol. The van der Waals surface area contributed by atoms with Gasteiger partial charge in [-0.05, 0) is 37.5 Å². The first-order chi connectivity index (χ1) is 15.9. The SMILES string of the molecule is C=C1C(=O)O[C@@H](CCCCCCCCCCCCC)[C@@]1(C)C(=O)OCc1ccc(OC)cc1. The summed E-state index contributed by atoms with van der Waals surface area (Å²) in [5.41, 5.74) is -0.0944. The van der Waals surface area contributed by atoms with Gasteiger partial charge in [-0.15, -0.1) is 0 Å². The second-order valence-electron chi connectivity index (χ2n) is 9.32. The second kappa shape index (κ2) is 14.1. The summed E-state index contributed by atoms with van der Waals surface area (Å²) in [6.07, 6.45) is 13.9. The number of rotatable bonds is 16. The normalized spacial score (nSPS) is 20.0. The third kappa shape index (κ3) is 7.90. The van der Waals surface area contributed by atoms with Crippen molar-refractivity contribution in [3.63, 3.8) is 0 Å². The van der Waals surface area contributed by atoms with E-state index in [0.29, 0.717) is 6.42 Å². The minimum atomic E-state index is -1.14. The summed E-state index contributed by atoms with van der Waals surface area (Å²) >= 11 is 0. The van der Waals surface area contributed by atoms with Gasteiger partial charge in [0.15, 0.2) is 0 Å². The Hall–Kier alpha value is -2.30. The maximum Gasteiger partial charge on any atom is 0.335 e. The van der Waals surface area contributed by atoms with Crippen molar-refractivity contribution in [2.75, 3.05) is 7.11 Å². The Morgan fingerprint density at radius 1 is 0.970 bits per heavy atom. The van der Waals surface area contributed by atoms with Crippen molar-refractivity contribution in [1.82, 2.24) is 0 Å². The Morgan fingerprint density at radius 3 is 2.06 bits per heavy atom. The van der Waals surface area contributed by atoms with E-state index in [1.54, 1.807) is 14.0 Å². The molecule has 1 aliphatic heterocycles. The van der Waals surface area contributed by atoms with Crippen molar-refractivity contribution in [2.45, 2.75) is 104 Å². The molecule has 33 heavy (non-hydrogen) atoms. The Labute approximate surface area is 199 Å². The van der Waals surface area contributed by atoms with E-state index in [-0.39, 0.29) is 12.2 Å². The van der Waals surface area contributed by atoms with Crippen LogP contribution in [0, 0.1) is 5.41 Å². The van der Waals surface area contributed by atoms with Crippen molar-refractivity contribution in [2.24, 2.45) is 5.41 Å². The number of benzene rings is 1. The molecule has 0 spiro atoms. The summed E-state index contributed by atoms with van der Waals surface area (Å²) < 4.78 is 16.3. The zero-order valence-electron chi connectivity index (χ0n) is 20.8. The number of hydrogen-bond donors (Lipinski definition) is 0. The van der Waals surface area contributed by atoms with E-state index in [0.717, 1.165) is 24.2 Å². The maximum atomic E-state index is 13.0. The summed E-state index contributed by atoms with van der Waals surface area (Å²) in [5.74, 6) is -0.207. The van der Waals surface area contributed by atoms with Crippen LogP contribution in [0.5, 0.6) is 5.75 Å². The van der Waals surface area contributed by atoms with Gasteiger partial charge in [-0.3, -0.25) is 4.79 Å². The van der Waals surface area contributed by atoms with Crippen molar-refractivity contribution >= 4 is 11.9 Å². The topological polar surface area (TPSA) is 61.8 Å². The zero-order valence-corrected chi connectivity index (χ0v) is 20.8. The molecule has 5 nitrogen and oxygen atoms in total. The molecule has 0 unspecified atom stereocenters. The van der Waals surface area contributed by atoms with Gasteiger partial charge in [0, 0.05) is 0 Å². The van der Waals surface area contributed by atoms with Gasteiger partial charge in [0.1, 0.15) is 23.9 Å². The molecule has 1 aromatic rings. The van der Waals surface area contributed by atoms with E-state index in [9.17, 15) is 9.59 Å². The van der Waals surface area contributed by atoms with Gasteiger partial charge in [-0.1, -0.05) is 89.8 Å². The minimum absolute atomic E-state index is 0.130. The predicted molar refractivity (Wildman–Crippen MR) is 131 cm³/mol. The maximum absolute atomic E-state index is 13.0. The van der Waals surface area contributed by atoms with Gasteiger partial charge in [0.25, 0.3) is 0 Å². The Morgan fingerprint density at radius 2 is 1.52 bits per heavy atom. The smallest absolute Gasteiger partial charge is 0.335 e. The highest BCUT2D eigenvalue weighted by Crippen LogP contribution is 2.43. The molecule has 0 radical (unpaired) electrons.